The Hall–Kier alpha value is -0.350. The third-order valence-corrected chi connectivity index (χ3v) is 2.47. The van der Waals surface area contributed by atoms with E-state index in [0.717, 1.165) is 5.56 Å². The molecule has 0 aliphatic carbocycles. The molecular formula is C9H8BrClF2O. The van der Waals surface area contributed by atoms with Crippen molar-refractivity contribution in [2.45, 2.75) is 19.4 Å². The molecule has 1 rings (SSSR count). The first-order chi connectivity index (χ1) is 6.54. The first-order valence-corrected chi connectivity index (χ1v) is 5.17. The van der Waals surface area contributed by atoms with E-state index in [9.17, 15) is 8.78 Å². The normalized spacial score (nSPS) is 10.7. The Bertz CT molecular complexity index is 331. The molecule has 1 aromatic rings. The Morgan fingerprint density at radius 1 is 1.50 bits per heavy atom. The molecule has 5 heteroatoms. The number of benzene rings is 1. The van der Waals surface area contributed by atoms with E-state index in [1.165, 1.54) is 6.07 Å². The molecule has 78 valence electrons. The van der Waals surface area contributed by atoms with Crippen LogP contribution in [0.3, 0.4) is 0 Å². The molecule has 0 atom stereocenters. The first-order valence-electron chi connectivity index (χ1n) is 3.84. The second-order valence-corrected chi connectivity index (χ2v) is 3.89. The van der Waals surface area contributed by atoms with Crippen LogP contribution >= 0.6 is 27.5 Å². The van der Waals surface area contributed by atoms with Crippen molar-refractivity contribution in [3.63, 3.8) is 0 Å². The number of halogens is 4. The van der Waals surface area contributed by atoms with E-state index >= 15 is 0 Å². The standard InChI is InChI=1S/C9H8BrClF2O/c1-5-2-6(10)3-8(7(5)4-11)14-9(12)13/h2-3,9H,4H2,1H3. The number of hydrogen-bond acceptors (Lipinski definition) is 1. The van der Waals surface area contributed by atoms with E-state index in [-0.39, 0.29) is 11.6 Å². The predicted molar refractivity (Wildman–Crippen MR) is 55.1 cm³/mol. The van der Waals surface area contributed by atoms with E-state index < -0.39 is 6.61 Å². The molecule has 1 nitrogen and oxygen atoms in total. The van der Waals surface area contributed by atoms with Gasteiger partial charge in [-0.1, -0.05) is 15.9 Å². The van der Waals surface area contributed by atoms with Crippen LogP contribution in [0.25, 0.3) is 0 Å². The van der Waals surface area contributed by atoms with Gasteiger partial charge in [0.05, 0.1) is 5.88 Å². The van der Waals surface area contributed by atoms with Gasteiger partial charge in [-0.3, -0.25) is 0 Å². The molecule has 0 N–H and O–H groups in total. The molecule has 0 radical (unpaired) electrons. The van der Waals surface area contributed by atoms with E-state index in [4.69, 9.17) is 11.6 Å². The van der Waals surface area contributed by atoms with Gasteiger partial charge in [0.15, 0.2) is 0 Å². The highest BCUT2D eigenvalue weighted by Gasteiger charge is 2.12. The molecule has 0 unspecified atom stereocenters. The average molecular weight is 286 g/mol. The number of hydrogen-bond donors (Lipinski definition) is 0. The lowest BCUT2D eigenvalue weighted by atomic mass is 10.1. The topological polar surface area (TPSA) is 9.23 Å². The van der Waals surface area contributed by atoms with Gasteiger partial charge in [-0.25, -0.2) is 0 Å². The summed E-state index contributed by atoms with van der Waals surface area (Å²) in [6.45, 7) is -1.04. The van der Waals surface area contributed by atoms with Crippen LogP contribution in [0.5, 0.6) is 5.75 Å². The zero-order valence-electron chi connectivity index (χ0n) is 7.36. The van der Waals surface area contributed by atoms with Crippen molar-refractivity contribution in [3.05, 3.63) is 27.7 Å². The molecule has 0 bridgehead atoms. The third-order valence-electron chi connectivity index (χ3n) is 1.75. The molecule has 0 spiro atoms. The lowest BCUT2D eigenvalue weighted by Crippen LogP contribution is -2.05. The molecule has 0 heterocycles. The largest absolute Gasteiger partial charge is 0.434 e. The molecule has 0 fully saturated rings. The number of ether oxygens (including phenoxy) is 1. The molecule has 0 aromatic heterocycles. The molecule has 0 aliphatic heterocycles. The lowest BCUT2D eigenvalue weighted by Gasteiger charge is -2.11. The molecule has 0 saturated carbocycles. The maximum absolute atomic E-state index is 12.0. The molecule has 1 aromatic carbocycles. The van der Waals surface area contributed by atoms with E-state index in [1.54, 1.807) is 13.0 Å². The Balaban J connectivity index is 3.11. The summed E-state index contributed by atoms with van der Waals surface area (Å²) in [5.74, 6) is 0.281. The summed E-state index contributed by atoms with van der Waals surface area (Å²) < 4.78 is 29.1. The van der Waals surface area contributed by atoms with Crippen LogP contribution in [0.4, 0.5) is 8.78 Å². The molecule has 0 aliphatic rings. The minimum Gasteiger partial charge on any atom is -0.434 e. The van der Waals surface area contributed by atoms with Crippen molar-refractivity contribution in [2.24, 2.45) is 0 Å². The highest BCUT2D eigenvalue weighted by atomic mass is 79.9. The minimum atomic E-state index is -2.83. The second kappa shape index (κ2) is 4.94. The van der Waals surface area contributed by atoms with E-state index in [1.807, 2.05) is 0 Å². The summed E-state index contributed by atoms with van der Waals surface area (Å²) >= 11 is 8.83. The number of aryl methyl sites for hydroxylation is 1. The monoisotopic (exact) mass is 284 g/mol. The van der Waals surface area contributed by atoms with Crippen LogP contribution in [-0.2, 0) is 5.88 Å². The molecular weight excluding hydrogens is 277 g/mol. The SMILES string of the molecule is Cc1cc(Br)cc(OC(F)F)c1CCl. The molecule has 0 saturated heterocycles. The van der Waals surface area contributed by atoms with Gasteiger partial charge < -0.3 is 4.74 Å². The van der Waals surface area contributed by atoms with Gasteiger partial charge in [-0.15, -0.1) is 11.6 Å². The fourth-order valence-corrected chi connectivity index (χ4v) is 2.01. The van der Waals surface area contributed by atoms with Crippen molar-refractivity contribution in [2.75, 3.05) is 0 Å². The minimum absolute atomic E-state index is 0.127. The highest BCUT2D eigenvalue weighted by molar-refractivity contribution is 9.10. The molecule has 14 heavy (non-hydrogen) atoms. The smallest absolute Gasteiger partial charge is 0.387 e. The highest BCUT2D eigenvalue weighted by Crippen LogP contribution is 2.29. The van der Waals surface area contributed by atoms with Crippen LogP contribution < -0.4 is 4.74 Å². The van der Waals surface area contributed by atoms with Crippen molar-refractivity contribution >= 4 is 27.5 Å². The Morgan fingerprint density at radius 2 is 2.14 bits per heavy atom. The average Bonchev–Trinajstić information content (AvgIpc) is 2.01. The van der Waals surface area contributed by atoms with Gasteiger partial charge in [-0.05, 0) is 24.6 Å². The van der Waals surface area contributed by atoms with Crippen LogP contribution in [0, 0.1) is 6.92 Å². The van der Waals surface area contributed by atoms with Crippen molar-refractivity contribution in [1.82, 2.24) is 0 Å². The Labute approximate surface area is 94.1 Å². The number of rotatable bonds is 3. The Morgan fingerprint density at radius 3 is 2.64 bits per heavy atom. The summed E-state index contributed by atoms with van der Waals surface area (Å²) in [6, 6.07) is 3.28. The summed E-state index contributed by atoms with van der Waals surface area (Å²) in [5, 5.41) is 0. The number of alkyl halides is 3. The van der Waals surface area contributed by atoms with Gasteiger partial charge >= 0.3 is 6.61 Å². The van der Waals surface area contributed by atoms with Gasteiger partial charge in [0.25, 0.3) is 0 Å². The van der Waals surface area contributed by atoms with Gasteiger partial charge in [0.1, 0.15) is 5.75 Å². The zero-order valence-corrected chi connectivity index (χ0v) is 9.70. The predicted octanol–water partition coefficient (Wildman–Crippen LogP) is 4.10. The van der Waals surface area contributed by atoms with E-state index in [2.05, 4.69) is 20.7 Å². The lowest BCUT2D eigenvalue weighted by molar-refractivity contribution is -0.0503. The zero-order chi connectivity index (χ0) is 10.7. The quantitative estimate of drug-likeness (QED) is 0.760. The fraction of sp³-hybridized carbons (Fsp3) is 0.333. The van der Waals surface area contributed by atoms with Gasteiger partial charge in [0, 0.05) is 10.0 Å². The van der Waals surface area contributed by atoms with Crippen molar-refractivity contribution in [1.29, 1.82) is 0 Å². The second-order valence-electron chi connectivity index (χ2n) is 2.71. The van der Waals surface area contributed by atoms with Gasteiger partial charge in [0.2, 0.25) is 0 Å². The summed E-state index contributed by atoms with van der Waals surface area (Å²) in [6.07, 6.45) is 0. The van der Waals surface area contributed by atoms with Crippen molar-refractivity contribution in [3.8, 4) is 5.75 Å². The van der Waals surface area contributed by atoms with Crippen LogP contribution in [0.15, 0.2) is 16.6 Å². The fourth-order valence-electron chi connectivity index (χ4n) is 1.11. The summed E-state index contributed by atoms with van der Waals surface area (Å²) in [4.78, 5) is 0. The van der Waals surface area contributed by atoms with Crippen LogP contribution in [0.1, 0.15) is 11.1 Å². The van der Waals surface area contributed by atoms with Crippen molar-refractivity contribution < 1.29 is 13.5 Å². The summed E-state index contributed by atoms with van der Waals surface area (Å²) in [5.41, 5.74) is 1.42. The maximum atomic E-state index is 12.0. The van der Waals surface area contributed by atoms with Gasteiger partial charge in [-0.2, -0.15) is 8.78 Å². The summed E-state index contributed by atoms with van der Waals surface area (Å²) in [7, 11) is 0. The molecule has 0 amide bonds. The first kappa shape index (κ1) is 11.7. The Kier molecular flexibility index (Phi) is 4.13. The van der Waals surface area contributed by atoms with Crippen LogP contribution in [-0.4, -0.2) is 6.61 Å². The van der Waals surface area contributed by atoms with Crippen LogP contribution in [0.2, 0.25) is 0 Å². The van der Waals surface area contributed by atoms with E-state index in [0.29, 0.717) is 10.0 Å². The maximum Gasteiger partial charge on any atom is 0.387 e. The third kappa shape index (κ3) is 2.82.